The molecule has 2 aromatic rings. The quantitative estimate of drug-likeness (QED) is 0.873. The zero-order chi connectivity index (χ0) is 16.8. The molecule has 0 radical (unpaired) electrons. The summed E-state index contributed by atoms with van der Waals surface area (Å²) in [6.07, 6.45) is 2.13. The van der Waals surface area contributed by atoms with Crippen LogP contribution < -0.4 is 10.2 Å². The first kappa shape index (κ1) is 16.9. The summed E-state index contributed by atoms with van der Waals surface area (Å²) < 4.78 is 5.20. The number of nitrogens with one attached hydrogen (secondary N) is 1. The van der Waals surface area contributed by atoms with E-state index in [9.17, 15) is 4.79 Å². The highest BCUT2D eigenvalue weighted by Gasteiger charge is 2.17. The Morgan fingerprint density at radius 2 is 1.88 bits per heavy atom. The van der Waals surface area contributed by atoms with Crippen LogP contribution in [0.3, 0.4) is 0 Å². The number of rotatable bonds is 6. The Labute approximate surface area is 147 Å². The van der Waals surface area contributed by atoms with E-state index in [1.807, 2.05) is 24.3 Å². The van der Waals surface area contributed by atoms with Crippen molar-refractivity contribution < 1.29 is 9.21 Å². The van der Waals surface area contributed by atoms with Crippen LogP contribution in [0.2, 0.25) is 5.02 Å². The number of halogens is 1. The minimum Gasteiger partial charge on any atom is -0.467 e. The highest BCUT2D eigenvalue weighted by Crippen LogP contribution is 2.19. The van der Waals surface area contributed by atoms with Crippen molar-refractivity contribution in [1.82, 2.24) is 10.2 Å². The zero-order valence-corrected chi connectivity index (χ0v) is 14.3. The van der Waals surface area contributed by atoms with E-state index < -0.39 is 0 Å². The maximum absolute atomic E-state index is 11.9. The summed E-state index contributed by atoms with van der Waals surface area (Å²) in [6, 6.07) is 11.6. The number of amides is 1. The molecule has 3 rings (SSSR count). The van der Waals surface area contributed by atoms with Gasteiger partial charge in [0.1, 0.15) is 5.76 Å². The topological polar surface area (TPSA) is 48.7 Å². The van der Waals surface area contributed by atoms with Crippen LogP contribution >= 0.6 is 11.6 Å². The Hall–Kier alpha value is -1.98. The number of benzene rings is 1. The molecule has 0 aliphatic carbocycles. The van der Waals surface area contributed by atoms with Gasteiger partial charge in [-0.1, -0.05) is 11.6 Å². The summed E-state index contributed by atoms with van der Waals surface area (Å²) in [7, 11) is 0. The number of hydrogen-bond acceptors (Lipinski definition) is 4. The number of furan rings is 1. The van der Waals surface area contributed by atoms with Gasteiger partial charge in [0.05, 0.1) is 12.8 Å². The van der Waals surface area contributed by atoms with Gasteiger partial charge >= 0.3 is 0 Å². The maximum atomic E-state index is 11.9. The SMILES string of the molecule is O=C(CCN1CCN(c2ccc(Cl)cc2)CC1)NCc1ccco1. The van der Waals surface area contributed by atoms with Gasteiger partial charge in [-0.25, -0.2) is 0 Å². The molecule has 2 heterocycles. The van der Waals surface area contributed by atoms with Gasteiger partial charge in [0.2, 0.25) is 5.91 Å². The monoisotopic (exact) mass is 347 g/mol. The predicted molar refractivity (Wildman–Crippen MR) is 95.3 cm³/mol. The normalized spacial score (nSPS) is 15.5. The van der Waals surface area contributed by atoms with Crippen LogP contribution in [0, 0.1) is 0 Å². The molecule has 1 aromatic carbocycles. The molecule has 6 heteroatoms. The number of anilines is 1. The zero-order valence-electron chi connectivity index (χ0n) is 13.6. The van der Waals surface area contributed by atoms with E-state index in [1.54, 1.807) is 6.26 Å². The van der Waals surface area contributed by atoms with Crippen LogP contribution in [-0.4, -0.2) is 43.5 Å². The first-order valence-corrected chi connectivity index (χ1v) is 8.60. The van der Waals surface area contributed by atoms with Crippen LogP contribution in [0.25, 0.3) is 0 Å². The number of carbonyl (C=O) groups is 1. The third-order valence-electron chi connectivity index (χ3n) is 4.26. The molecular formula is C18H22ClN3O2. The molecule has 0 bridgehead atoms. The lowest BCUT2D eigenvalue weighted by Crippen LogP contribution is -2.47. The third kappa shape index (κ3) is 4.76. The number of nitrogens with zero attached hydrogens (tertiary/aromatic N) is 2. The van der Waals surface area contributed by atoms with Crippen LogP contribution in [-0.2, 0) is 11.3 Å². The van der Waals surface area contributed by atoms with E-state index in [0.717, 1.165) is 43.5 Å². The lowest BCUT2D eigenvalue weighted by atomic mass is 10.2. The molecule has 1 amide bonds. The summed E-state index contributed by atoms with van der Waals surface area (Å²) >= 11 is 5.93. The van der Waals surface area contributed by atoms with Crippen molar-refractivity contribution in [2.24, 2.45) is 0 Å². The Bertz CT molecular complexity index is 635. The molecule has 1 saturated heterocycles. The first-order chi connectivity index (χ1) is 11.7. The van der Waals surface area contributed by atoms with Gasteiger partial charge in [-0.3, -0.25) is 9.69 Å². The average Bonchev–Trinajstić information content (AvgIpc) is 3.13. The molecule has 128 valence electrons. The second-order valence-electron chi connectivity index (χ2n) is 5.91. The molecular weight excluding hydrogens is 326 g/mol. The highest BCUT2D eigenvalue weighted by atomic mass is 35.5. The van der Waals surface area contributed by atoms with Gasteiger partial charge in [0.15, 0.2) is 0 Å². The van der Waals surface area contributed by atoms with Crippen LogP contribution in [0.15, 0.2) is 47.1 Å². The average molecular weight is 348 g/mol. The van der Waals surface area contributed by atoms with E-state index in [-0.39, 0.29) is 5.91 Å². The highest BCUT2D eigenvalue weighted by molar-refractivity contribution is 6.30. The van der Waals surface area contributed by atoms with Gasteiger partial charge in [-0.2, -0.15) is 0 Å². The summed E-state index contributed by atoms with van der Waals surface area (Å²) in [5.74, 6) is 0.839. The minimum atomic E-state index is 0.0616. The van der Waals surface area contributed by atoms with E-state index in [4.69, 9.17) is 16.0 Å². The van der Waals surface area contributed by atoms with Crippen molar-refractivity contribution in [3.05, 3.63) is 53.4 Å². The van der Waals surface area contributed by atoms with Crippen LogP contribution in [0.5, 0.6) is 0 Å². The molecule has 1 fully saturated rings. The molecule has 1 aliphatic heterocycles. The maximum Gasteiger partial charge on any atom is 0.221 e. The van der Waals surface area contributed by atoms with Crippen molar-refractivity contribution in [3.8, 4) is 0 Å². The van der Waals surface area contributed by atoms with E-state index in [2.05, 4.69) is 27.2 Å². The molecule has 0 atom stereocenters. The molecule has 0 saturated carbocycles. The van der Waals surface area contributed by atoms with E-state index in [0.29, 0.717) is 13.0 Å². The fourth-order valence-electron chi connectivity index (χ4n) is 2.83. The second kappa shape index (κ2) is 8.22. The van der Waals surface area contributed by atoms with Gasteiger partial charge in [-0.05, 0) is 36.4 Å². The lowest BCUT2D eigenvalue weighted by Gasteiger charge is -2.36. The molecule has 0 unspecified atom stereocenters. The molecule has 24 heavy (non-hydrogen) atoms. The summed E-state index contributed by atoms with van der Waals surface area (Å²) in [6.45, 7) is 5.11. The van der Waals surface area contributed by atoms with E-state index in [1.165, 1.54) is 5.69 Å². The van der Waals surface area contributed by atoms with E-state index >= 15 is 0 Å². The fraction of sp³-hybridized carbons (Fsp3) is 0.389. The Morgan fingerprint density at radius 3 is 2.54 bits per heavy atom. The van der Waals surface area contributed by atoms with Gasteiger partial charge in [-0.15, -0.1) is 0 Å². The van der Waals surface area contributed by atoms with Crippen molar-refractivity contribution in [3.63, 3.8) is 0 Å². The number of piperazine rings is 1. The summed E-state index contributed by atoms with van der Waals surface area (Å²) in [5, 5.41) is 3.64. The Morgan fingerprint density at radius 1 is 1.12 bits per heavy atom. The second-order valence-corrected chi connectivity index (χ2v) is 6.35. The van der Waals surface area contributed by atoms with Crippen LogP contribution in [0.4, 0.5) is 5.69 Å². The molecule has 0 spiro atoms. The van der Waals surface area contributed by atoms with Crippen molar-refractivity contribution in [1.29, 1.82) is 0 Å². The molecule has 1 N–H and O–H groups in total. The van der Waals surface area contributed by atoms with Gasteiger partial charge in [0.25, 0.3) is 0 Å². The smallest absolute Gasteiger partial charge is 0.221 e. The predicted octanol–water partition coefficient (Wildman–Crippen LogP) is 2.76. The van der Waals surface area contributed by atoms with Crippen LogP contribution in [0.1, 0.15) is 12.2 Å². The minimum absolute atomic E-state index is 0.0616. The Kier molecular flexibility index (Phi) is 5.77. The molecule has 1 aliphatic rings. The number of hydrogen-bond donors (Lipinski definition) is 1. The van der Waals surface area contributed by atoms with Crippen molar-refractivity contribution in [2.75, 3.05) is 37.6 Å². The van der Waals surface area contributed by atoms with Crippen molar-refractivity contribution in [2.45, 2.75) is 13.0 Å². The summed E-state index contributed by atoms with van der Waals surface area (Å²) in [4.78, 5) is 16.6. The summed E-state index contributed by atoms with van der Waals surface area (Å²) in [5.41, 5.74) is 1.20. The number of carbonyl (C=O) groups excluding carboxylic acids is 1. The van der Waals surface area contributed by atoms with Crippen molar-refractivity contribution >= 4 is 23.2 Å². The first-order valence-electron chi connectivity index (χ1n) is 8.23. The third-order valence-corrected chi connectivity index (χ3v) is 4.51. The Balaban J connectivity index is 1.36. The molecule has 1 aromatic heterocycles. The van der Waals surface area contributed by atoms with Gasteiger partial charge < -0.3 is 14.6 Å². The van der Waals surface area contributed by atoms with Gasteiger partial charge in [0, 0.05) is 49.9 Å². The largest absolute Gasteiger partial charge is 0.467 e. The standard InChI is InChI=1S/C18H22ClN3O2/c19-15-3-5-16(6-4-15)22-11-9-21(10-12-22)8-7-18(23)20-14-17-2-1-13-24-17/h1-6,13H,7-12,14H2,(H,20,23). The molecule has 5 nitrogen and oxygen atoms in total. The lowest BCUT2D eigenvalue weighted by molar-refractivity contribution is -0.121. The fourth-order valence-corrected chi connectivity index (χ4v) is 2.95.